The van der Waals surface area contributed by atoms with Crippen molar-refractivity contribution in [3.63, 3.8) is 0 Å². The molecule has 0 aliphatic heterocycles. The number of esters is 2. The number of carbonyl (C=O) groups excluding carboxylic acids is 2. The predicted molar refractivity (Wildman–Crippen MR) is 121 cm³/mol. The summed E-state index contributed by atoms with van der Waals surface area (Å²) in [6.45, 7) is 10.2. The van der Waals surface area contributed by atoms with Crippen molar-refractivity contribution in [1.29, 1.82) is 0 Å². The Morgan fingerprint density at radius 3 is 1.52 bits per heavy atom. The van der Waals surface area contributed by atoms with Crippen LogP contribution in [0.3, 0.4) is 0 Å². The van der Waals surface area contributed by atoms with Gasteiger partial charge in [0.25, 0.3) is 0 Å². The first kappa shape index (κ1) is 29.6. The molecule has 0 aliphatic carbocycles. The first-order valence-electron chi connectivity index (χ1n) is 11.8. The molecule has 0 bridgehead atoms. The topological polar surface area (TPSA) is 80.3 Å². The molecule has 0 radical (unpaired) electrons. The molecule has 0 aromatic heterocycles. The quantitative estimate of drug-likeness (QED) is 0.129. The van der Waals surface area contributed by atoms with E-state index in [4.69, 9.17) is 23.7 Å². The molecule has 0 aromatic carbocycles. The van der Waals surface area contributed by atoms with Gasteiger partial charge in [-0.3, -0.25) is 4.79 Å². The van der Waals surface area contributed by atoms with Crippen LogP contribution in [0.4, 0.5) is 0 Å². The van der Waals surface area contributed by atoms with Gasteiger partial charge in [-0.1, -0.05) is 64.9 Å². The van der Waals surface area contributed by atoms with Crippen molar-refractivity contribution in [2.45, 2.75) is 78.1 Å². The summed E-state index contributed by atoms with van der Waals surface area (Å²) in [6, 6.07) is 0. The Morgan fingerprint density at radius 1 is 0.613 bits per heavy atom. The normalized spacial score (nSPS) is 10.8. The van der Waals surface area contributed by atoms with Gasteiger partial charge in [0.15, 0.2) is 0 Å². The highest BCUT2D eigenvalue weighted by atomic mass is 16.6. The van der Waals surface area contributed by atoms with Crippen LogP contribution in [-0.2, 0) is 33.3 Å². The first-order chi connectivity index (χ1) is 15.1. The molecular weight excluding hydrogens is 400 g/mol. The summed E-state index contributed by atoms with van der Waals surface area (Å²) in [5.74, 6) is -0.556. The summed E-state index contributed by atoms with van der Waals surface area (Å²) in [5, 5.41) is 0. The van der Waals surface area contributed by atoms with Crippen molar-refractivity contribution < 1.29 is 33.3 Å². The van der Waals surface area contributed by atoms with E-state index in [2.05, 4.69) is 13.5 Å². The molecule has 0 spiro atoms. The van der Waals surface area contributed by atoms with Gasteiger partial charge < -0.3 is 23.7 Å². The Labute approximate surface area is 188 Å². The molecule has 31 heavy (non-hydrogen) atoms. The van der Waals surface area contributed by atoms with E-state index in [0.29, 0.717) is 51.6 Å². The second-order valence-corrected chi connectivity index (χ2v) is 7.55. The highest BCUT2D eigenvalue weighted by Gasteiger charge is 2.03. The first-order valence-corrected chi connectivity index (χ1v) is 11.8. The van der Waals surface area contributed by atoms with E-state index < -0.39 is 5.97 Å². The van der Waals surface area contributed by atoms with E-state index in [1.165, 1.54) is 44.9 Å². The Balaban J connectivity index is 3.20. The molecule has 7 nitrogen and oxygen atoms in total. The maximum atomic E-state index is 11.7. The summed E-state index contributed by atoms with van der Waals surface area (Å²) in [6.07, 6.45) is 11.6. The van der Waals surface area contributed by atoms with Crippen LogP contribution < -0.4 is 0 Å². The third-order valence-corrected chi connectivity index (χ3v) is 4.53. The van der Waals surface area contributed by atoms with Crippen LogP contribution in [0.15, 0.2) is 12.2 Å². The van der Waals surface area contributed by atoms with Crippen LogP contribution >= 0.6 is 0 Å². The monoisotopic (exact) mass is 444 g/mol. The van der Waals surface area contributed by atoms with Crippen LogP contribution in [-0.4, -0.2) is 64.8 Å². The van der Waals surface area contributed by atoms with E-state index >= 15 is 0 Å². The van der Waals surface area contributed by atoms with Crippen molar-refractivity contribution in [2.75, 3.05) is 52.9 Å². The van der Waals surface area contributed by atoms with Gasteiger partial charge in [0.05, 0.1) is 39.6 Å². The molecule has 0 atom stereocenters. The van der Waals surface area contributed by atoms with E-state index in [-0.39, 0.29) is 19.2 Å². The van der Waals surface area contributed by atoms with E-state index in [9.17, 15) is 9.59 Å². The van der Waals surface area contributed by atoms with Crippen LogP contribution in [0.2, 0.25) is 0 Å². The molecule has 0 amide bonds. The summed E-state index contributed by atoms with van der Waals surface area (Å²) >= 11 is 0. The van der Waals surface area contributed by atoms with Gasteiger partial charge in [-0.2, -0.15) is 0 Å². The van der Waals surface area contributed by atoms with Crippen molar-refractivity contribution in [3.8, 4) is 0 Å². The van der Waals surface area contributed by atoms with Gasteiger partial charge in [0.2, 0.25) is 0 Å². The summed E-state index contributed by atoms with van der Waals surface area (Å²) in [7, 11) is 0. The zero-order chi connectivity index (χ0) is 23.0. The number of hydrogen-bond donors (Lipinski definition) is 0. The minimum atomic E-state index is -0.411. The fraction of sp³-hybridized carbons (Fsp3) is 0.833. The highest BCUT2D eigenvalue weighted by molar-refractivity contribution is 5.86. The summed E-state index contributed by atoms with van der Waals surface area (Å²) in [4.78, 5) is 22.8. The predicted octanol–water partition coefficient (Wildman–Crippen LogP) is 4.62. The number of hydrogen-bond acceptors (Lipinski definition) is 7. The van der Waals surface area contributed by atoms with Crippen LogP contribution in [0.5, 0.6) is 0 Å². The molecule has 0 N–H and O–H groups in total. The summed E-state index contributed by atoms with van der Waals surface area (Å²) in [5.41, 5.74) is 0.372. The molecule has 0 aromatic rings. The van der Waals surface area contributed by atoms with Gasteiger partial charge in [-0.25, -0.2) is 4.79 Å². The average molecular weight is 445 g/mol. The smallest absolute Gasteiger partial charge is 0.333 e. The maximum Gasteiger partial charge on any atom is 0.333 e. The fourth-order valence-corrected chi connectivity index (χ4v) is 2.72. The lowest BCUT2D eigenvalue weighted by molar-refractivity contribution is -0.145. The van der Waals surface area contributed by atoms with Crippen molar-refractivity contribution in [2.24, 2.45) is 0 Å². The standard InChI is InChI=1S/C24H44O7/c1-4-5-6-7-8-9-10-11-12-13-23(25)30-20-18-28-16-14-27-15-17-29-19-21-31-24(26)22(2)3/h2,4-21H2,1,3H3. The van der Waals surface area contributed by atoms with Crippen LogP contribution in [0.1, 0.15) is 78.1 Å². The Kier molecular flexibility index (Phi) is 22.1. The van der Waals surface area contributed by atoms with Crippen molar-refractivity contribution >= 4 is 11.9 Å². The number of unbranched alkanes of at least 4 members (excludes halogenated alkanes) is 8. The maximum absolute atomic E-state index is 11.7. The SMILES string of the molecule is C=C(C)C(=O)OCCOCCOCCOCCOC(=O)CCCCCCCCCCC. The fourth-order valence-electron chi connectivity index (χ4n) is 2.72. The lowest BCUT2D eigenvalue weighted by Crippen LogP contribution is -2.15. The molecule has 182 valence electrons. The highest BCUT2D eigenvalue weighted by Crippen LogP contribution is 2.10. The van der Waals surface area contributed by atoms with Gasteiger partial charge in [0, 0.05) is 12.0 Å². The Hall–Kier alpha value is -1.44. The van der Waals surface area contributed by atoms with Crippen LogP contribution in [0.25, 0.3) is 0 Å². The molecule has 0 saturated heterocycles. The third-order valence-electron chi connectivity index (χ3n) is 4.53. The molecule has 0 saturated carbocycles. The number of rotatable bonds is 23. The van der Waals surface area contributed by atoms with E-state index in [0.717, 1.165) is 12.8 Å². The molecule has 0 fully saturated rings. The second kappa shape index (κ2) is 23.2. The Bertz CT molecular complexity index is 451. The molecule has 0 aliphatic rings. The minimum Gasteiger partial charge on any atom is -0.463 e. The Morgan fingerprint density at radius 2 is 1.03 bits per heavy atom. The minimum absolute atomic E-state index is 0.145. The molecular formula is C24H44O7. The lowest BCUT2D eigenvalue weighted by Gasteiger charge is -2.08. The molecule has 0 heterocycles. The largest absolute Gasteiger partial charge is 0.463 e. The zero-order valence-electron chi connectivity index (χ0n) is 19.8. The third kappa shape index (κ3) is 23.1. The second-order valence-electron chi connectivity index (χ2n) is 7.55. The van der Waals surface area contributed by atoms with Gasteiger partial charge in [-0.05, 0) is 13.3 Å². The summed E-state index contributed by atoms with van der Waals surface area (Å²) < 4.78 is 26.1. The van der Waals surface area contributed by atoms with Crippen LogP contribution in [0, 0.1) is 0 Å². The van der Waals surface area contributed by atoms with Crippen molar-refractivity contribution in [1.82, 2.24) is 0 Å². The van der Waals surface area contributed by atoms with Gasteiger partial charge in [0.1, 0.15) is 13.2 Å². The van der Waals surface area contributed by atoms with E-state index in [1.807, 2.05) is 0 Å². The van der Waals surface area contributed by atoms with E-state index in [1.54, 1.807) is 6.92 Å². The lowest BCUT2D eigenvalue weighted by atomic mass is 10.1. The number of carbonyl (C=O) groups is 2. The molecule has 0 unspecified atom stereocenters. The zero-order valence-corrected chi connectivity index (χ0v) is 19.8. The van der Waals surface area contributed by atoms with Gasteiger partial charge in [-0.15, -0.1) is 0 Å². The number of ether oxygens (including phenoxy) is 5. The van der Waals surface area contributed by atoms with Gasteiger partial charge >= 0.3 is 11.9 Å². The van der Waals surface area contributed by atoms with Crippen molar-refractivity contribution in [3.05, 3.63) is 12.2 Å². The average Bonchev–Trinajstić information content (AvgIpc) is 2.75. The molecule has 0 rings (SSSR count). The molecule has 7 heteroatoms.